The maximum atomic E-state index is 2.39. The molecule has 0 fully saturated rings. The smallest absolute Gasteiger partial charge is 0.0873 e. The van der Waals surface area contributed by atoms with Crippen LogP contribution in [0, 0.1) is 0 Å². The van der Waals surface area contributed by atoms with Gasteiger partial charge in [0.15, 0.2) is 0 Å². The summed E-state index contributed by atoms with van der Waals surface area (Å²) in [5.41, 5.74) is 0. The monoisotopic (exact) mass is 163 g/mol. The summed E-state index contributed by atoms with van der Waals surface area (Å²) < 4.78 is 2.92. The van der Waals surface area contributed by atoms with E-state index in [9.17, 15) is 0 Å². The Morgan fingerprint density at radius 3 is 0.818 bits per heavy atom. The normalized spacial score (nSPS) is 10.6. The van der Waals surface area contributed by atoms with Crippen LogP contribution in [0.5, 0.6) is 0 Å². The van der Waals surface area contributed by atoms with Crippen molar-refractivity contribution in [2.24, 2.45) is 0 Å². The Labute approximate surface area is 88.7 Å². The summed E-state index contributed by atoms with van der Waals surface area (Å²) in [5, 5.41) is 0. The van der Waals surface area contributed by atoms with E-state index in [0.717, 1.165) is 14.3 Å². The molecule has 0 aliphatic rings. The van der Waals surface area contributed by atoms with Crippen molar-refractivity contribution < 1.29 is 0 Å². The molecule has 0 N–H and O–H groups in total. The van der Waals surface area contributed by atoms with Gasteiger partial charge in [-0.15, -0.1) is 0 Å². The molecule has 0 aliphatic carbocycles. The average Bonchev–Trinajstić information content (AvgIpc) is 1.59. The summed E-state index contributed by atoms with van der Waals surface area (Å²) >= 11 is -0.454. The third kappa shape index (κ3) is 5.38. The predicted molar refractivity (Wildman–Crippen MR) is 56.8 cm³/mol. The molecule has 0 aromatic heterocycles. The first-order valence-corrected chi connectivity index (χ1v) is 6.46. The van der Waals surface area contributed by atoms with Gasteiger partial charge in [-0.05, 0) is 0 Å². The molecule has 61 valence electrons. The fraction of sp³-hybridized carbons (Fsp3) is 1.00. The molecule has 0 unspecified atom stereocenters. The zero-order valence-electron chi connectivity index (χ0n) is 9.31. The Kier molecular flexibility index (Phi) is 8.82. The van der Waals surface area contributed by atoms with Gasteiger partial charge in [0.1, 0.15) is 0 Å². The van der Waals surface area contributed by atoms with Gasteiger partial charge in [-0.2, -0.15) is 0 Å². The van der Waals surface area contributed by atoms with Gasteiger partial charge >= 0.3 is 0 Å². The minimum absolute atomic E-state index is 0. The first-order chi connectivity index (χ1) is 4.46. The van der Waals surface area contributed by atoms with Gasteiger partial charge in [0.05, 0.1) is 0 Å². The van der Waals surface area contributed by atoms with E-state index in [1.54, 1.807) is 0 Å². The summed E-state index contributed by atoms with van der Waals surface area (Å²) in [6, 6.07) is 0. The van der Waals surface area contributed by atoms with E-state index in [2.05, 4.69) is 41.5 Å². The number of hydrogen-bond donors (Lipinski definition) is 0. The molecule has 0 amide bonds. The van der Waals surface area contributed by atoms with Crippen molar-refractivity contribution in [3.8, 4) is 0 Å². The second kappa shape index (κ2) is 6.62. The second-order valence-electron chi connectivity index (χ2n) is 4.31. The van der Waals surface area contributed by atoms with Crippen LogP contribution in [-0.2, 0) is 0 Å². The van der Waals surface area contributed by atoms with Gasteiger partial charge in [0.2, 0.25) is 0 Å². The molecule has 0 atom stereocenters. The molecule has 0 spiro atoms. The van der Waals surface area contributed by atoms with Crippen molar-refractivity contribution in [3.63, 3.8) is 0 Å². The third-order valence-corrected chi connectivity index (χ3v) is 6.93. The molecule has 0 saturated heterocycles. The quantitative estimate of drug-likeness (QED) is 0.560. The fourth-order valence-electron chi connectivity index (χ4n) is 2.31. The zero-order chi connectivity index (χ0) is 8.31. The van der Waals surface area contributed by atoms with Crippen LogP contribution in [0.15, 0.2) is 0 Å². The standard InChI is InChI=1S/3C3H7.Al.Li/c3*1-3-2;;/h3*3H,1-2H3;;. The average molecular weight is 163 g/mol. The Balaban J connectivity index is 0. The molecule has 11 heavy (non-hydrogen) atoms. The molecule has 0 aromatic rings. The maximum Gasteiger partial charge on any atom is 0.270 e. The van der Waals surface area contributed by atoms with Crippen molar-refractivity contribution >= 4 is 33.0 Å². The zero-order valence-corrected chi connectivity index (χ0v) is 10.5. The van der Waals surface area contributed by atoms with Crippen LogP contribution in [0.25, 0.3) is 0 Å². The van der Waals surface area contributed by atoms with Crippen LogP contribution in [0.3, 0.4) is 0 Å². The van der Waals surface area contributed by atoms with Crippen molar-refractivity contribution in [2.45, 2.75) is 55.9 Å². The molecule has 0 aromatic carbocycles. The molecule has 0 heterocycles. The summed E-state index contributed by atoms with van der Waals surface area (Å²) in [6.07, 6.45) is 0. The fourth-order valence-corrected chi connectivity index (χ4v) is 6.93. The van der Waals surface area contributed by atoms with Crippen molar-refractivity contribution in [1.29, 1.82) is 0 Å². The van der Waals surface area contributed by atoms with E-state index < -0.39 is 14.1 Å². The minimum Gasteiger partial charge on any atom is -0.0873 e. The van der Waals surface area contributed by atoms with Crippen molar-refractivity contribution in [3.05, 3.63) is 0 Å². The molecule has 0 nitrogen and oxygen atoms in total. The van der Waals surface area contributed by atoms with Crippen LogP contribution in [-0.4, -0.2) is 33.0 Å². The van der Waals surface area contributed by atoms with Crippen molar-refractivity contribution in [1.82, 2.24) is 0 Å². The number of rotatable bonds is 3. The first kappa shape index (κ1) is 14.6. The third-order valence-electron chi connectivity index (χ3n) is 2.31. The number of hydrogen-bond acceptors (Lipinski definition) is 0. The van der Waals surface area contributed by atoms with Crippen LogP contribution in [0.2, 0.25) is 14.3 Å². The maximum absolute atomic E-state index is 2.39. The molecular formula is C9H21AlLi. The Bertz CT molecular complexity index is 70.5. The van der Waals surface area contributed by atoms with E-state index in [4.69, 9.17) is 0 Å². The Morgan fingerprint density at radius 2 is 0.818 bits per heavy atom. The first-order valence-electron chi connectivity index (χ1n) is 4.46. The van der Waals surface area contributed by atoms with Crippen LogP contribution in [0.4, 0.5) is 0 Å². The summed E-state index contributed by atoms with van der Waals surface area (Å²) in [7, 11) is 0. The van der Waals surface area contributed by atoms with E-state index in [0.29, 0.717) is 0 Å². The SMILES string of the molecule is C[CH](C)[Al]([CH](C)C)[CH](C)C.[Li]. The van der Waals surface area contributed by atoms with E-state index >= 15 is 0 Å². The predicted octanol–water partition coefficient (Wildman–Crippen LogP) is 3.33. The molecular weight excluding hydrogens is 142 g/mol. The molecule has 2 heteroatoms. The minimum atomic E-state index is -0.454. The van der Waals surface area contributed by atoms with Gasteiger partial charge in [0.25, 0.3) is 14.1 Å². The summed E-state index contributed by atoms with van der Waals surface area (Å²) in [5.74, 6) is 0. The van der Waals surface area contributed by atoms with Gasteiger partial charge in [-0.25, -0.2) is 0 Å². The largest absolute Gasteiger partial charge is 0.270 e. The van der Waals surface area contributed by atoms with E-state index in [1.165, 1.54) is 0 Å². The van der Waals surface area contributed by atoms with Crippen LogP contribution in [0.1, 0.15) is 41.5 Å². The second-order valence-corrected chi connectivity index (χ2v) is 9.46. The topological polar surface area (TPSA) is 0 Å². The summed E-state index contributed by atoms with van der Waals surface area (Å²) in [6.45, 7) is 14.3. The molecule has 0 bridgehead atoms. The van der Waals surface area contributed by atoms with Crippen LogP contribution < -0.4 is 0 Å². The summed E-state index contributed by atoms with van der Waals surface area (Å²) in [4.78, 5) is 0. The Hall–Kier alpha value is 1.13. The van der Waals surface area contributed by atoms with E-state index in [-0.39, 0.29) is 18.9 Å². The van der Waals surface area contributed by atoms with Crippen LogP contribution >= 0.6 is 0 Å². The van der Waals surface area contributed by atoms with E-state index in [1.807, 2.05) is 0 Å². The molecule has 0 rings (SSSR count). The molecule has 0 saturated carbocycles. The van der Waals surface area contributed by atoms with Gasteiger partial charge in [-0.3, -0.25) is 0 Å². The van der Waals surface area contributed by atoms with Gasteiger partial charge < -0.3 is 0 Å². The molecule has 0 aliphatic heterocycles. The van der Waals surface area contributed by atoms with Crippen molar-refractivity contribution in [2.75, 3.05) is 0 Å². The molecule has 1 radical (unpaired) electrons. The van der Waals surface area contributed by atoms with Gasteiger partial charge in [0, 0.05) is 18.9 Å². The Morgan fingerprint density at radius 1 is 0.636 bits per heavy atom. The van der Waals surface area contributed by atoms with Gasteiger partial charge in [-0.1, -0.05) is 55.9 Å².